The molecule has 2 unspecified atom stereocenters. The molecule has 0 aromatic heterocycles. The van der Waals surface area contributed by atoms with Gasteiger partial charge in [-0.3, -0.25) is 4.72 Å². The van der Waals surface area contributed by atoms with Gasteiger partial charge in [-0.1, -0.05) is 54.6 Å². The number of fused-ring (bicyclic) bond motifs is 4. The third-order valence-electron chi connectivity index (χ3n) is 8.62. The maximum atomic E-state index is 6.53. The predicted octanol–water partition coefficient (Wildman–Crippen LogP) is 8.44. The number of aryl methyl sites for hydroxylation is 1. The number of hydrogen-bond acceptors (Lipinski definition) is 5. The smallest absolute Gasteiger partial charge is 0.124 e. The predicted molar refractivity (Wildman–Crippen MR) is 169 cm³/mol. The van der Waals surface area contributed by atoms with E-state index < -0.39 is 0 Å². The van der Waals surface area contributed by atoms with E-state index in [1.54, 1.807) is 11.9 Å². The standard InChI is InChI=1S/C35H37N3OS/c1-23-9-6-12-26-20-31(38-18-8-13-27(38)22-36-34(23)26)25-16-17-32-29(19-25)30(21-35(2,3)39-32)37-40-33-15-7-11-24-10-4-5-14-28(24)33/h4-7,9-12,14-17,19-20,27,30,36-37H,8,13,18,21-22H2,1-3H3/b31-20-. The van der Waals surface area contributed by atoms with Crippen molar-refractivity contribution in [3.05, 3.63) is 101 Å². The van der Waals surface area contributed by atoms with E-state index in [0.717, 1.165) is 25.3 Å². The lowest BCUT2D eigenvalue weighted by molar-refractivity contribution is 0.0706. The molecule has 4 nitrogen and oxygen atoms in total. The van der Waals surface area contributed by atoms with E-state index in [1.165, 1.54) is 62.1 Å². The van der Waals surface area contributed by atoms with Gasteiger partial charge in [0, 0.05) is 53.4 Å². The molecule has 2 atom stereocenters. The van der Waals surface area contributed by atoms with E-state index >= 15 is 0 Å². The fourth-order valence-corrected chi connectivity index (χ4v) is 7.58. The number of para-hydroxylation sites is 1. The summed E-state index contributed by atoms with van der Waals surface area (Å²) in [7, 11) is 0. The summed E-state index contributed by atoms with van der Waals surface area (Å²) in [4.78, 5) is 3.88. The normalized spacial score (nSPS) is 22.6. The first-order valence-corrected chi connectivity index (χ1v) is 15.3. The van der Waals surface area contributed by atoms with Crippen LogP contribution in [-0.4, -0.2) is 29.6 Å². The van der Waals surface area contributed by atoms with E-state index in [-0.39, 0.29) is 11.6 Å². The van der Waals surface area contributed by atoms with Crippen LogP contribution in [-0.2, 0) is 0 Å². The second-order valence-electron chi connectivity index (χ2n) is 12.0. The van der Waals surface area contributed by atoms with E-state index in [9.17, 15) is 0 Å². The second-order valence-corrected chi connectivity index (χ2v) is 12.9. The van der Waals surface area contributed by atoms with Gasteiger partial charge in [-0.25, -0.2) is 0 Å². The summed E-state index contributed by atoms with van der Waals surface area (Å²) in [5.74, 6) is 0.985. The highest BCUT2D eigenvalue weighted by atomic mass is 32.2. The molecule has 0 amide bonds. The molecular weight excluding hydrogens is 510 g/mol. The maximum absolute atomic E-state index is 6.53. The molecule has 2 N–H and O–H groups in total. The minimum Gasteiger partial charge on any atom is -0.487 e. The zero-order valence-electron chi connectivity index (χ0n) is 23.5. The molecule has 7 rings (SSSR count). The lowest BCUT2D eigenvalue weighted by atomic mass is 9.88. The lowest BCUT2D eigenvalue weighted by Gasteiger charge is -2.38. The van der Waals surface area contributed by atoms with Gasteiger partial charge >= 0.3 is 0 Å². The molecule has 40 heavy (non-hydrogen) atoms. The third kappa shape index (κ3) is 4.76. The Balaban J connectivity index is 1.27. The molecule has 0 spiro atoms. The van der Waals surface area contributed by atoms with Crippen LogP contribution in [0.4, 0.5) is 5.69 Å². The highest BCUT2D eigenvalue weighted by Crippen LogP contribution is 2.44. The second kappa shape index (κ2) is 10.2. The molecule has 0 saturated carbocycles. The molecule has 4 aromatic carbocycles. The topological polar surface area (TPSA) is 36.5 Å². The number of hydrogen-bond donors (Lipinski definition) is 2. The van der Waals surface area contributed by atoms with Crippen LogP contribution >= 0.6 is 11.9 Å². The highest BCUT2D eigenvalue weighted by Gasteiger charge is 2.35. The van der Waals surface area contributed by atoms with Crippen LogP contribution in [0.25, 0.3) is 22.5 Å². The summed E-state index contributed by atoms with van der Waals surface area (Å²) < 4.78 is 10.4. The fourth-order valence-electron chi connectivity index (χ4n) is 6.65. The first-order chi connectivity index (χ1) is 19.4. The average Bonchev–Trinajstić information content (AvgIpc) is 3.40. The summed E-state index contributed by atoms with van der Waals surface area (Å²) in [6.45, 7) is 8.66. The van der Waals surface area contributed by atoms with Crippen LogP contribution in [0, 0.1) is 6.92 Å². The molecule has 204 valence electrons. The summed E-state index contributed by atoms with van der Waals surface area (Å²) in [5.41, 5.74) is 7.42. The Morgan fingerprint density at radius 1 is 1.00 bits per heavy atom. The van der Waals surface area contributed by atoms with Crippen LogP contribution in [0.1, 0.15) is 61.4 Å². The van der Waals surface area contributed by atoms with E-state index in [4.69, 9.17) is 4.74 Å². The molecule has 3 aliphatic rings. The summed E-state index contributed by atoms with van der Waals surface area (Å²) in [5, 5.41) is 6.32. The first kappa shape index (κ1) is 25.6. The van der Waals surface area contributed by atoms with Gasteiger partial charge in [0.15, 0.2) is 0 Å². The van der Waals surface area contributed by atoms with Crippen LogP contribution < -0.4 is 14.8 Å². The van der Waals surface area contributed by atoms with E-state index in [0.29, 0.717) is 6.04 Å². The van der Waals surface area contributed by atoms with Crippen molar-refractivity contribution in [1.29, 1.82) is 0 Å². The Bertz CT molecular complexity index is 1600. The number of nitrogens with one attached hydrogen (secondary N) is 2. The number of nitrogens with zero attached hydrogens (tertiary/aromatic N) is 1. The molecule has 4 aromatic rings. The van der Waals surface area contributed by atoms with Crippen molar-refractivity contribution in [1.82, 2.24) is 9.62 Å². The lowest BCUT2D eigenvalue weighted by Crippen LogP contribution is -2.38. The largest absolute Gasteiger partial charge is 0.487 e. The molecule has 0 bridgehead atoms. The Morgan fingerprint density at radius 2 is 1.85 bits per heavy atom. The first-order valence-electron chi connectivity index (χ1n) is 14.5. The van der Waals surface area contributed by atoms with Gasteiger partial charge < -0.3 is 15.0 Å². The number of ether oxygens (including phenoxy) is 1. The highest BCUT2D eigenvalue weighted by molar-refractivity contribution is 7.97. The Morgan fingerprint density at radius 3 is 2.77 bits per heavy atom. The van der Waals surface area contributed by atoms with Gasteiger partial charge in [0.25, 0.3) is 0 Å². The molecule has 3 heterocycles. The van der Waals surface area contributed by atoms with Gasteiger partial charge in [-0.15, -0.1) is 0 Å². The van der Waals surface area contributed by atoms with Crippen LogP contribution in [0.5, 0.6) is 5.75 Å². The molecule has 5 heteroatoms. The van der Waals surface area contributed by atoms with Gasteiger partial charge in [0.05, 0.1) is 0 Å². The summed E-state index contributed by atoms with van der Waals surface area (Å²) in [6.07, 6.45) is 5.75. The van der Waals surface area contributed by atoms with E-state index in [1.807, 2.05) is 0 Å². The minimum absolute atomic E-state index is 0.169. The van der Waals surface area contributed by atoms with Crippen LogP contribution in [0.15, 0.2) is 83.8 Å². The maximum Gasteiger partial charge on any atom is 0.124 e. The Hall–Kier alpha value is -3.41. The van der Waals surface area contributed by atoms with Crippen molar-refractivity contribution in [3.8, 4) is 5.75 Å². The van der Waals surface area contributed by atoms with Crippen molar-refractivity contribution in [2.24, 2.45) is 0 Å². The Labute approximate surface area is 241 Å². The average molecular weight is 548 g/mol. The van der Waals surface area contributed by atoms with Crippen LogP contribution in [0.2, 0.25) is 0 Å². The Kier molecular flexibility index (Phi) is 6.52. The number of benzene rings is 4. The van der Waals surface area contributed by atoms with Crippen molar-refractivity contribution < 1.29 is 4.74 Å². The summed E-state index contributed by atoms with van der Waals surface area (Å²) in [6, 6.07) is 29.3. The quantitative estimate of drug-likeness (QED) is 0.251. The number of rotatable bonds is 4. The molecule has 1 saturated heterocycles. The van der Waals surface area contributed by atoms with Gasteiger partial charge in [0.1, 0.15) is 11.4 Å². The third-order valence-corrected chi connectivity index (χ3v) is 9.60. The SMILES string of the molecule is Cc1cccc2c1NCC1CCCN1/C(c1ccc3c(c1)C(NSc1cccc4ccccc14)CC(C)(C)O3)=C\2. The zero-order chi connectivity index (χ0) is 27.3. The summed E-state index contributed by atoms with van der Waals surface area (Å²) >= 11 is 1.74. The van der Waals surface area contributed by atoms with Gasteiger partial charge in [-0.2, -0.15) is 0 Å². The minimum atomic E-state index is -0.243. The van der Waals surface area contributed by atoms with Crippen LogP contribution in [0.3, 0.4) is 0 Å². The number of anilines is 1. The van der Waals surface area contributed by atoms with E-state index in [2.05, 4.69) is 121 Å². The fraction of sp³-hybridized carbons (Fsp3) is 0.314. The van der Waals surface area contributed by atoms with Crippen molar-refractivity contribution in [3.63, 3.8) is 0 Å². The van der Waals surface area contributed by atoms with Crippen molar-refractivity contribution >= 4 is 40.2 Å². The van der Waals surface area contributed by atoms with Crippen molar-refractivity contribution in [2.45, 2.75) is 62.6 Å². The zero-order valence-corrected chi connectivity index (χ0v) is 24.4. The van der Waals surface area contributed by atoms with Gasteiger partial charge in [-0.05, 0) is 103 Å². The molecule has 1 fully saturated rings. The monoisotopic (exact) mass is 547 g/mol. The van der Waals surface area contributed by atoms with Gasteiger partial charge in [0.2, 0.25) is 0 Å². The molecule has 3 aliphatic heterocycles. The molecule has 0 aliphatic carbocycles. The molecule has 0 radical (unpaired) electrons. The molecular formula is C35H37N3OS. The van der Waals surface area contributed by atoms with Crippen molar-refractivity contribution in [2.75, 3.05) is 18.4 Å².